The Hall–Kier alpha value is -3.80. The molecule has 0 aliphatic carbocycles. The Labute approximate surface area is 162 Å². The average molecular weight is 376 g/mol. The molecule has 0 fully saturated rings. The van der Waals surface area contributed by atoms with Crippen molar-refractivity contribution in [3.8, 4) is 11.5 Å². The molecule has 0 spiro atoms. The fraction of sp³-hybridized carbons (Fsp3) is 0.0909. The lowest BCUT2D eigenvalue weighted by Crippen LogP contribution is -2.27. The van der Waals surface area contributed by atoms with Gasteiger partial charge < -0.3 is 20.8 Å². The van der Waals surface area contributed by atoms with Gasteiger partial charge in [-0.25, -0.2) is 0 Å². The van der Waals surface area contributed by atoms with Gasteiger partial charge in [0.25, 0.3) is 11.8 Å². The minimum Gasteiger partial charge on any atom is -0.504 e. The van der Waals surface area contributed by atoms with Gasteiger partial charge >= 0.3 is 0 Å². The summed E-state index contributed by atoms with van der Waals surface area (Å²) in [6.07, 6.45) is 0.484. The fourth-order valence-corrected chi connectivity index (χ4v) is 2.71. The molecule has 28 heavy (non-hydrogen) atoms. The second-order valence-corrected chi connectivity index (χ2v) is 6.19. The largest absolute Gasteiger partial charge is 0.504 e. The number of carbonyl (C=O) groups excluding carboxylic acids is 2. The van der Waals surface area contributed by atoms with Gasteiger partial charge in [-0.2, -0.15) is 0 Å². The minimum atomic E-state index is -0.313. The Bertz CT molecular complexity index is 987. The van der Waals surface area contributed by atoms with Crippen LogP contribution >= 0.6 is 0 Å². The third-order valence-corrected chi connectivity index (χ3v) is 4.19. The molecule has 6 nitrogen and oxygen atoms in total. The second-order valence-electron chi connectivity index (χ2n) is 6.19. The van der Waals surface area contributed by atoms with E-state index in [1.807, 2.05) is 6.07 Å². The first kappa shape index (κ1) is 19.0. The zero-order valence-corrected chi connectivity index (χ0v) is 15.1. The van der Waals surface area contributed by atoms with E-state index in [0.717, 1.165) is 5.56 Å². The highest BCUT2D eigenvalue weighted by atomic mass is 16.3. The summed E-state index contributed by atoms with van der Waals surface area (Å²) < 4.78 is 0. The van der Waals surface area contributed by atoms with E-state index in [9.17, 15) is 19.8 Å². The van der Waals surface area contributed by atoms with Crippen LogP contribution in [0.1, 0.15) is 26.3 Å². The lowest BCUT2D eigenvalue weighted by molar-refractivity contribution is 0.0955. The number of hydrogen-bond donors (Lipinski definition) is 4. The van der Waals surface area contributed by atoms with Gasteiger partial charge in [0.1, 0.15) is 0 Å². The summed E-state index contributed by atoms with van der Waals surface area (Å²) in [7, 11) is 0. The number of amides is 2. The van der Waals surface area contributed by atoms with Crippen molar-refractivity contribution >= 4 is 17.5 Å². The lowest BCUT2D eigenvalue weighted by Gasteiger charge is -2.12. The third kappa shape index (κ3) is 4.67. The molecule has 142 valence electrons. The van der Waals surface area contributed by atoms with Gasteiger partial charge in [-0.05, 0) is 48.4 Å². The molecule has 0 saturated heterocycles. The number of para-hydroxylation sites is 1. The van der Waals surface area contributed by atoms with Crippen LogP contribution in [0.25, 0.3) is 0 Å². The average Bonchev–Trinajstić information content (AvgIpc) is 2.71. The summed E-state index contributed by atoms with van der Waals surface area (Å²) >= 11 is 0. The number of nitrogens with one attached hydrogen (secondary N) is 2. The summed E-state index contributed by atoms with van der Waals surface area (Å²) in [5, 5.41) is 24.4. The van der Waals surface area contributed by atoms with Crippen LogP contribution in [0.5, 0.6) is 11.5 Å². The predicted molar refractivity (Wildman–Crippen MR) is 107 cm³/mol. The number of benzene rings is 3. The number of hydrogen-bond acceptors (Lipinski definition) is 4. The van der Waals surface area contributed by atoms with Gasteiger partial charge in [0, 0.05) is 12.1 Å². The number of carbonyl (C=O) groups is 2. The highest BCUT2D eigenvalue weighted by molar-refractivity contribution is 6.08. The maximum atomic E-state index is 12.5. The SMILES string of the molecule is O=C(Nc1ccccc1C(=O)NCCc1ccc(O)c(O)c1)c1ccccc1. The van der Waals surface area contributed by atoms with Crippen molar-refractivity contribution in [1.29, 1.82) is 0 Å². The Kier molecular flexibility index (Phi) is 5.91. The summed E-state index contributed by atoms with van der Waals surface area (Å²) in [5.74, 6) is -0.985. The first-order valence-corrected chi connectivity index (χ1v) is 8.79. The second kappa shape index (κ2) is 8.73. The van der Waals surface area contributed by atoms with E-state index in [2.05, 4.69) is 10.6 Å². The zero-order valence-electron chi connectivity index (χ0n) is 15.1. The van der Waals surface area contributed by atoms with Crippen molar-refractivity contribution in [2.45, 2.75) is 6.42 Å². The molecular formula is C22H20N2O4. The number of phenols is 2. The van der Waals surface area contributed by atoms with Crippen LogP contribution in [0.3, 0.4) is 0 Å². The molecule has 0 heterocycles. The van der Waals surface area contributed by atoms with Crippen molar-refractivity contribution in [2.75, 3.05) is 11.9 Å². The van der Waals surface area contributed by atoms with Crippen LogP contribution in [0, 0.1) is 0 Å². The highest BCUT2D eigenvalue weighted by Gasteiger charge is 2.13. The molecule has 3 aromatic rings. The molecule has 0 aromatic heterocycles. The van der Waals surface area contributed by atoms with Crippen LogP contribution in [-0.4, -0.2) is 28.6 Å². The first-order valence-electron chi connectivity index (χ1n) is 8.79. The first-order chi connectivity index (χ1) is 13.5. The lowest BCUT2D eigenvalue weighted by atomic mass is 10.1. The molecule has 0 aliphatic heterocycles. The molecule has 0 unspecified atom stereocenters. The van der Waals surface area contributed by atoms with E-state index in [1.165, 1.54) is 12.1 Å². The Morgan fingerprint density at radius 1 is 0.786 bits per heavy atom. The molecule has 3 aromatic carbocycles. The molecule has 0 saturated carbocycles. The number of rotatable bonds is 6. The summed E-state index contributed by atoms with van der Waals surface area (Å²) in [4.78, 5) is 24.9. The normalized spacial score (nSPS) is 10.3. The quantitative estimate of drug-likeness (QED) is 0.496. The van der Waals surface area contributed by atoms with Crippen molar-refractivity contribution in [3.05, 3.63) is 89.5 Å². The van der Waals surface area contributed by atoms with Crippen LogP contribution < -0.4 is 10.6 Å². The van der Waals surface area contributed by atoms with Gasteiger partial charge in [-0.1, -0.05) is 36.4 Å². The minimum absolute atomic E-state index is 0.184. The monoisotopic (exact) mass is 376 g/mol. The number of phenolic OH excluding ortho intramolecular Hbond substituents is 2. The van der Waals surface area contributed by atoms with E-state index < -0.39 is 0 Å². The van der Waals surface area contributed by atoms with Crippen molar-refractivity contribution in [1.82, 2.24) is 5.32 Å². The molecule has 0 atom stereocenters. The summed E-state index contributed by atoms with van der Waals surface area (Å²) in [6, 6.07) is 20.1. The highest BCUT2D eigenvalue weighted by Crippen LogP contribution is 2.25. The fourth-order valence-electron chi connectivity index (χ4n) is 2.71. The Morgan fingerprint density at radius 2 is 1.50 bits per heavy atom. The van der Waals surface area contributed by atoms with Crippen LogP contribution in [0.2, 0.25) is 0 Å². The predicted octanol–water partition coefficient (Wildman–Crippen LogP) is 3.32. The molecule has 3 rings (SSSR count). The van der Waals surface area contributed by atoms with Crippen LogP contribution in [0.15, 0.2) is 72.8 Å². The maximum Gasteiger partial charge on any atom is 0.255 e. The number of anilines is 1. The van der Waals surface area contributed by atoms with Crippen molar-refractivity contribution in [3.63, 3.8) is 0 Å². The van der Waals surface area contributed by atoms with Gasteiger partial charge in [-0.15, -0.1) is 0 Å². The van der Waals surface area contributed by atoms with E-state index in [1.54, 1.807) is 54.6 Å². The van der Waals surface area contributed by atoms with E-state index in [4.69, 9.17) is 0 Å². The van der Waals surface area contributed by atoms with E-state index in [0.29, 0.717) is 29.8 Å². The molecule has 6 heteroatoms. The molecule has 4 N–H and O–H groups in total. The van der Waals surface area contributed by atoms with Crippen LogP contribution in [-0.2, 0) is 6.42 Å². The van der Waals surface area contributed by atoms with Crippen molar-refractivity contribution in [2.24, 2.45) is 0 Å². The Balaban J connectivity index is 1.63. The third-order valence-electron chi connectivity index (χ3n) is 4.19. The molecule has 0 radical (unpaired) electrons. The van der Waals surface area contributed by atoms with Crippen molar-refractivity contribution < 1.29 is 19.8 Å². The van der Waals surface area contributed by atoms with Gasteiger partial charge in [0.05, 0.1) is 11.3 Å². The van der Waals surface area contributed by atoms with Crippen LogP contribution in [0.4, 0.5) is 5.69 Å². The van der Waals surface area contributed by atoms with E-state index >= 15 is 0 Å². The number of aromatic hydroxyl groups is 2. The molecule has 2 amide bonds. The molecule has 0 aliphatic rings. The topological polar surface area (TPSA) is 98.7 Å². The molecule has 0 bridgehead atoms. The molecular weight excluding hydrogens is 356 g/mol. The van der Waals surface area contributed by atoms with Gasteiger partial charge in [-0.3, -0.25) is 9.59 Å². The standard InChI is InChI=1S/C22H20N2O4/c25-19-11-10-15(14-20(19)26)12-13-23-22(28)17-8-4-5-9-18(17)24-21(27)16-6-2-1-3-7-16/h1-11,14,25-26H,12-13H2,(H,23,28)(H,24,27). The zero-order chi connectivity index (χ0) is 19.9. The smallest absolute Gasteiger partial charge is 0.255 e. The summed E-state index contributed by atoms with van der Waals surface area (Å²) in [5.41, 5.74) is 2.07. The Morgan fingerprint density at radius 3 is 2.25 bits per heavy atom. The van der Waals surface area contributed by atoms with Gasteiger partial charge in [0.2, 0.25) is 0 Å². The van der Waals surface area contributed by atoms with Gasteiger partial charge in [0.15, 0.2) is 11.5 Å². The van der Waals surface area contributed by atoms with E-state index in [-0.39, 0.29) is 23.3 Å². The summed E-state index contributed by atoms with van der Waals surface area (Å²) in [6.45, 7) is 0.337. The maximum absolute atomic E-state index is 12.5.